The zero-order chi connectivity index (χ0) is 20.7. The van der Waals surface area contributed by atoms with Crippen LogP contribution in [0.25, 0.3) is 0 Å². The second kappa shape index (κ2) is 21.5. The van der Waals surface area contributed by atoms with E-state index in [-0.39, 0.29) is 0 Å². The number of carbonyl (C=O) groups is 1. The topological polar surface area (TPSA) is 57.5 Å². The summed E-state index contributed by atoms with van der Waals surface area (Å²) in [6.45, 7) is 2.28. The fraction of sp³-hybridized carbons (Fsp3) is 0.640. The maximum atomic E-state index is 10.2. The number of aliphatic hydroxyl groups is 1. The fourth-order valence-corrected chi connectivity index (χ4v) is 3.11. The van der Waals surface area contributed by atoms with Crippen LogP contribution in [0, 0.1) is 0 Å². The lowest BCUT2D eigenvalue weighted by Crippen LogP contribution is -1.93. The molecule has 0 aromatic heterocycles. The minimum absolute atomic E-state index is 0.331. The highest BCUT2D eigenvalue weighted by Crippen LogP contribution is 2.13. The number of allylic oxidation sites excluding steroid dienone is 1. The number of benzene rings is 1. The van der Waals surface area contributed by atoms with E-state index >= 15 is 0 Å². The summed E-state index contributed by atoms with van der Waals surface area (Å²) >= 11 is 0. The molecule has 0 amide bonds. The number of unbranched alkanes of at least 4 members (excludes halogenated alkanes) is 14. The third-order valence-electron chi connectivity index (χ3n) is 4.85. The van der Waals surface area contributed by atoms with Crippen LogP contribution in [0.15, 0.2) is 42.7 Å². The van der Waals surface area contributed by atoms with Gasteiger partial charge in [0.15, 0.2) is 0 Å². The lowest BCUT2D eigenvalue weighted by molar-refractivity contribution is 0.0697. The van der Waals surface area contributed by atoms with E-state index < -0.39 is 5.97 Å². The number of rotatable bonds is 16. The van der Waals surface area contributed by atoms with Crippen LogP contribution in [0.2, 0.25) is 0 Å². The molecule has 0 aliphatic rings. The van der Waals surface area contributed by atoms with Crippen LogP contribution in [-0.2, 0) is 0 Å². The molecule has 1 aromatic carbocycles. The number of hydrogen-bond acceptors (Lipinski definition) is 2. The van der Waals surface area contributed by atoms with E-state index in [1.807, 2.05) is 6.08 Å². The van der Waals surface area contributed by atoms with E-state index in [1.165, 1.54) is 96.2 Å². The zero-order valence-electron chi connectivity index (χ0n) is 18.0. The predicted molar refractivity (Wildman–Crippen MR) is 120 cm³/mol. The van der Waals surface area contributed by atoms with Crippen molar-refractivity contribution >= 4 is 5.97 Å². The highest BCUT2D eigenvalue weighted by atomic mass is 16.4. The Balaban J connectivity index is 0.000000668. The molecular weight excluding hydrogens is 348 g/mol. The Morgan fingerprint density at radius 2 is 1.18 bits per heavy atom. The minimum atomic E-state index is -0.879. The number of hydrogen-bond donors (Lipinski definition) is 2. The van der Waals surface area contributed by atoms with Gasteiger partial charge in [-0.05, 0) is 25.0 Å². The van der Waals surface area contributed by atoms with Gasteiger partial charge in [0.2, 0.25) is 0 Å². The quantitative estimate of drug-likeness (QED) is 0.220. The van der Waals surface area contributed by atoms with Gasteiger partial charge in [0.1, 0.15) is 0 Å². The molecule has 0 heterocycles. The van der Waals surface area contributed by atoms with Crippen LogP contribution >= 0.6 is 0 Å². The van der Waals surface area contributed by atoms with Crippen molar-refractivity contribution in [2.45, 2.75) is 103 Å². The molecular formula is C25H42O3. The van der Waals surface area contributed by atoms with E-state index in [1.54, 1.807) is 30.3 Å². The lowest BCUT2D eigenvalue weighted by Gasteiger charge is -2.02. The first-order chi connectivity index (χ1) is 13.7. The average Bonchev–Trinajstić information content (AvgIpc) is 2.72. The minimum Gasteiger partial charge on any atom is -0.516 e. The molecule has 1 rings (SSSR count). The van der Waals surface area contributed by atoms with Gasteiger partial charge < -0.3 is 10.2 Å². The van der Waals surface area contributed by atoms with E-state index in [0.29, 0.717) is 5.56 Å². The first-order valence-electron chi connectivity index (χ1n) is 11.3. The van der Waals surface area contributed by atoms with Gasteiger partial charge in [-0.2, -0.15) is 0 Å². The number of aliphatic hydroxyl groups excluding tert-OH is 1. The maximum absolute atomic E-state index is 10.2. The molecule has 0 radical (unpaired) electrons. The van der Waals surface area contributed by atoms with Gasteiger partial charge in [0.25, 0.3) is 0 Å². The van der Waals surface area contributed by atoms with Crippen molar-refractivity contribution in [2.24, 2.45) is 0 Å². The van der Waals surface area contributed by atoms with Gasteiger partial charge in [-0.1, -0.05) is 115 Å². The summed E-state index contributed by atoms with van der Waals surface area (Å²) in [6.07, 6.45) is 23.7. The van der Waals surface area contributed by atoms with Gasteiger partial charge in [-0.25, -0.2) is 4.79 Å². The fourth-order valence-electron chi connectivity index (χ4n) is 3.11. The van der Waals surface area contributed by atoms with E-state index in [4.69, 9.17) is 10.2 Å². The molecule has 0 spiro atoms. The summed E-state index contributed by atoms with van der Waals surface area (Å²) in [4.78, 5) is 10.2. The van der Waals surface area contributed by atoms with E-state index in [2.05, 4.69) is 6.92 Å². The SMILES string of the molecule is CCCCCCCCCCCCCCCCC=CO.O=C(O)c1ccccc1. The molecule has 1 aromatic rings. The number of carboxylic acid groups (broad SMARTS) is 1. The summed E-state index contributed by atoms with van der Waals surface area (Å²) in [5.41, 5.74) is 0.331. The van der Waals surface area contributed by atoms with Gasteiger partial charge >= 0.3 is 5.97 Å². The molecule has 0 saturated heterocycles. The molecule has 0 aliphatic heterocycles. The molecule has 0 unspecified atom stereocenters. The smallest absolute Gasteiger partial charge is 0.335 e. The van der Waals surface area contributed by atoms with Crippen molar-refractivity contribution < 1.29 is 15.0 Å². The van der Waals surface area contributed by atoms with Crippen molar-refractivity contribution in [3.63, 3.8) is 0 Å². The summed E-state index contributed by atoms with van der Waals surface area (Å²) < 4.78 is 0. The number of aromatic carboxylic acids is 1. The van der Waals surface area contributed by atoms with E-state index in [0.717, 1.165) is 6.42 Å². The van der Waals surface area contributed by atoms with Gasteiger partial charge in [-0.3, -0.25) is 0 Å². The Bertz CT molecular complexity index is 468. The normalized spacial score (nSPS) is 10.6. The van der Waals surface area contributed by atoms with Crippen molar-refractivity contribution in [2.75, 3.05) is 0 Å². The predicted octanol–water partition coefficient (Wildman–Crippen LogP) is 8.31. The summed E-state index contributed by atoms with van der Waals surface area (Å²) in [7, 11) is 0. The zero-order valence-corrected chi connectivity index (χ0v) is 18.0. The Labute approximate surface area is 172 Å². The largest absolute Gasteiger partial charge is 0.516 e. The molecule has 0 atom stereocenters. The molecule has 28 heavy (non-hydrogen) atoms. The molecule has 3 heteroatoms. The highest BCUT2D eigenvalue weighted by Gasteiger charge is 1.96. The average molecular weight is 391 g/mol. The maximum Gasteiger partial charge on any atom is 0.335 e. The van der Waals surface area contributed by atoms with Gasteiger partial charge in [-0.15, -0.1) is 0 Å². The first kappa shape index (κ1) is 26.2. The van der Waals surface area contributed by atoms with Crippen molar-refractivity contribution in [1.82, 2.24) is 0 Å². The Morgan fingerprint density at radius 3 is 1.54 bits per heavy atom. The highest BCUT2D eigenvalue weighted by molar-refractivity contribution is 5.87. The van der Waals surface area contributed by atoms with Gasteiger partial charge in [0.05, 0.1) is 11.8 Å². The standard InChI is InChI=1S/C18H36O.C7H6O2/c1-2-3-4-5-6-7-8-9-10-11-12-13-14-15-16-17-18-19;8-7(9)6-4-2-1-3-5-6/h17-19H,2-16H2,1H3;1-5H,(H,8,9). The Kier molecular flexibility index (Phi) is 20.2. The monoisotopic (exact) mass is 390 g/mol. The van der Waals surface area contributed by atoms with Crippen LogP contribution in [0.1, 0.15) is 114 Å². The van der Waals surface area contributed by atoms with Crippen LogP contribution in [0.4, 0.5) is 0 Å². The van der Waals surface area contributed by atoms with Crippen molar-refractivity contribution in [3.05, 3.63) is 48.2 Å². The number of carboxylic acids is 1. The lowest BCUT2D eigenvalue weighted by atomic mass is 10.0. The van der Waals surface area contributed by atoms with Crippen LogP contribution < -0.4 is 0 Å². The summed E-state index contributed by atoms with van der Waals surface area (Å²) in [6, 6.07) is 8.30. The second-order valence-corrected chi connectivity index (χ2v) is 7.44. The summed E-state index contributed by atoms with van der Waals surface area (Å²) in [5, 5.41) is 16.9. The van der Waals surface area contributed by atoms with Crippen LogP contribution in [0.5, 0.6) is 0 Å². The van der Waals surface area contributed by atoms with Crippen molar-refractivity contribution in [3.8, 4) is 0 Å². The van der Waals surface area contributed by atoms with Gasteiger partial charge in [0, 0.05) is 0 Å². The molecule has 160 valence electrons. The molecule has 0 saturated carbocycles. The molecule has 0 aliphatic carbocycles. The first-order valence-corrected chi connectivity index (χ1v) is 11.3. The molecule has 3 nitrogen and oxygen atoms in total. The Hall–Kier alpha value is -1.77. The Morgan fingerprint density at radius 1 is 0.750 bits per heavy atom. The molecule has 0 fully saturated rings. The van der Waals surface area contributed by atoms with E-state index in [9.17, 15) is 4.79 Å². The molecule has 2 N–H and O–H groups in total. The van der Waals surface area contributed by atoms with Crippen LogP contribution in [0.3, 0.4) is 0 Å². The third-order valence-corrected chi connectivity index (χ3v) is 4.85. The van der Waals surface area contributed by atoms with Crippen LogP contribution in [-0.4, -0.2) is 16.2 Å². The third kappa shape index (κ3) is 19.0. The second-order valence-electron chi connectivity index (χ2n) is 7.44. The molecule has 0 bridgehead atoms. The van der Waals surface area contributed by atoms with Crippen molar-refractivity contribution in [1.29, 1.82) is 0 Å². The summed E-state index contributed by atoms with van der Waals surface area (Å²) in [5.74, 6) is -0.879.